The second kappa shape index (κ2) is 10.5. The van der Waals surface area contributed by atoms with Crippen molar-refractivity contribution in [2.24, 2.45) is 5.92 Å². The topological polar surface area (TPSA) is 61.9 Å². The summed E-state index contributed by atoms with van der Waals surface area (Å²) in [7, 11) is 1.62. The monoisotopic (exact) mass is 499 g/mol. The van der Waals surface area contributed by atoms with Crippen LogP contribution in [0, 0.1) is 5.92 Å². The highest BCUT2D eigenvalue weighted by Crippen LogP contribution is 2.26. The predicted octanol–water partition coefficient (Wildman–Crippen LogP) is 4.41. The zero-order valence-electron chi connectivity index (χ0n) is 18.4. The lowest BCUT2D eigenvalue weighted by atomic mass is 9.92. The molecule has 2 amide bonds. The number of hydrogen-bond acceptors (Lipinski definition) is 4. The van der Waals surface area contributed by atoms with Crippen molar-refractivity contribution >= 4 is 33.4 Å². The van der Waals surface area contributed by atoms with Crippen molar-refractivity contribution in [1.29, 1.82) is 0 Å². The molecule has 170 valence electrons. The molecule has 0 saturated carbocycles. The molecular formula is C25H30BrN3O3. The Morgan fingerprint density at radius 3 is 2.38 bits per heavy atom. The number of piperidine rings is 2. The molecule has 2 saturated heterocycles. The number of rotatable bonds is 5. The third-order valence-corrected chi connectivity index (χ3v) is 7.07. The molecule has 7 heteroatoms. The van der Waals surface area contributed by atoms with Gasteiger partial charge in [0.1, 0.15) is 5.75 Å². The molecule has 2 heterocycles. The Hall–Kier alpha value is -2.38. The minimum atomic E-state index is 0.0376. The molecule has 2 aliphatic heterocycles. The van der Waals surface area contributed by atoms with Crippen LogP contribution in [0.25, 0.3) is 0 Å². The summed E-state index contributed by atoms with van der Waals surface area (Å²) in [6.07, 6.45) is 3.71. The summed E-state index contributed by atoms with van der Waals surface area (Å²) in [6, 6.07) is 15.6. The maximum absolute atomic E-state index is 12.8. The summed E-state index contributed by atoms with van der Waals surface area (Å²) in [5.74, 6) is 0.975. The number of methoxy groups -OCH3 is 1. The van der Waals surface area contributed by atoms with E-state index in [2.05, 4.69) is 26.1 Å². The number of carbonyl (C=O) groups excluding carboxylic acids is 2. The Bertz CT molecular complexity index is 951. The van der Waals surface area contributed by atoms with Crippen LogP contribution in [0.15, 0.2) is 53.0 Å². The second-order valence-electron chi connectivity index (χ2n) is 8.57. The SMILES string of the molecule is COc1cccc(NC(=O)C2CCN(C3CCN(C(=O)c4cccc(Br)c4)CC3)CC2)c1. The lowest BCUT2D eigenvalue weighted by molar-refractivity contribution is -0.121. The molecule has 1 N–H and O–H groups in total. The van der Waals surface area contributed by atoms with Gasteiger partial charge in [0.15, 0.2) is 0 Å². The lowest BCUT2D eigenvalue weighted by Gasteiger charge is -2.41. The van der Waals surface area contributed by atoms with E-state index in [9.17, 15) is 9.59 Å². The smallest absolute Gasteiger partial charge is 0.253 e. The molecule has 0 bridgehead atoms. The molecule has 0 unspecified atom stereocenters. The molecule has 4 rings (SSSR count). The summed E-state index contributed by atoms with van der Waals surface area (Å²) < 4.78 is 6.16. The summed E-state index contributed by atoms with van der Waals surface area (Å²) in [5, 5.41) is 3.03. The average Bonchev–Trinajstić information content (AvgIpc) is 2.84. The average molecular weight is 500 g/mol. The minimum Gasteiger partial charge on any atom is -0.497 e. The lowest BCUT2D eigenvalue weighted by Crippen LogP contribution is -2.49. The normalized spacial score (nSPS) is 18.4. The van der Waals surface area contributed by atoms with E-state index in [4.69, 9.17) is 4.74 Å². The Morgan fingerprint density at radius 2 is 1.69 bits per heavy atom. The van der Waals surface area contributed by atoms with Gasteiger partial charge in [-0.25, -0.2) is 0 Å². The number of nitrogens with zero attached hydrogens (tertiary/aromatic N) is 2. The molecule has 0 atom stereocenters. The van der Waals surface area contributed by atoms with Crippen LogP contribution < -0.4 is 10.1 Å². The number of likely N-dealkylation sites (tertiary alicyclic amines) is 2. The van der Waals surface area contributed by atoms with Crippen LogP contribution in [0.1, 0.15) is 36.0 Å². The van der Waals surface area contributed by atoms with Crippen LogP contribution in [0.3, 0.4) is 0 Å². The van der Waals surface area contributed by atoms with Crippen molar-refractivity contribution < 1.29 is 14.3 Å². The molecule has 2 aromatic carbocycles. The Morgan fingerprint density at radius 1 is 0.969 bits per heavy atom. The number of carbonyl (C=O) groups is 2. The van der Waals surface area contributed by atoms with Crippen molar-refractivity contribution in [1.82, 2.24) is 9.80 Å². The summed E-state index contributed by atoms with van der Waals surface area (Å²) in [6.45, 7) is 3.43. The number of benzene rings is 2. The first kappa shape index (κ1) is 22.8. The largest absolute Gasteiger partial charge is 0.497 e. The number of hydrogen-bond donors (Lipinski definition) is 1. The van der Waals surface area contributed by atoms with Gasteiger partial charge in [-0.05, 0) is 69.1 Å². The summed E-state index contributed by atoms with van der Waals surface area (Å²) >= 11 is 3.44. The fourth-order valence-electron chi connectivity index (χ4n) is 4.71. The van der Waals surface area contributed by atoms with Gasteiger partial charge in [-0.1, -0.05) is 28.1 Å². The van der Waals surface area contributed by atoms with E-state index < -0.39 is 0 Å². The molecule has 0 aliphatic carbocycles. The number of amides is 2. The van der Waals surface area contributed by atoms with Crippen LogP contribution in [-0.2, 0) is 4.79 Å². The van der Waals surface area contributed by atoms with E-state index in [1.807, 2.05) is 53.4 Å². The van der Waals surface area contributed by atoms with Gasteiger partial charge >= 0.3 is 0 Å². The summed E-state index contributed by atoms with van der Waals surface area (Å²) in [5.41, 5.74) is 1.51. The van der Waals surface area contributed by atoms with E-state index in [0.717, 1.165) is 73.3 Å². The Labute approximate surface area is 198 Å². The van der Waals surface area contributed by atoms with Crippen LogP contribution in [0.4, 0.5) is 5.69 Å². The van der Waals surface area contributed by atoms with Crippen molar-refractivity contribution in [3.8, 4) is 5.75 Å². The predicted molar refractivity (Wildman–Crippen MR) is 129 cm³/mol. The molecule has 2 aromatic rings. The maximum Gasteiger partial charge on any atom is 0.253 e. The van der Waals surface area contributed by atoms with Gasteiger partial charge in [0, 0.05) is 46.8 Å². The third-order valence-electron chi connectivity index (χ3n) is 6.58. The molecule has 2 fully saturated rings. The van der Waals surface area contributed by atoms with Gasteiger partial charge in [-0.3, -0.25) is 9.59 Å². The number of anilines is 1. The first-order chi connectivity index (χ1) is 15.5. The van der Waals surface area contributed by atoms with Gasteiger partial charge in [0.2, 0.25) is 5.91 Å². The molecule has 0 aromatic heterocycles. The molecule has 2 aliphatic rings. The third kappa shape index (κ3) is 5.51. The molecular weight excluding hydrogens is 470 g/mol. The first-order valence-corrected chi connectivity index (χ1v) is 12.1. The quantitative estimate of drug-likeness (QED) is 0.661. The van der Waals surface area contributed by atoms with Crippen LogP contribution >= 0.6 is 15.9 Å². The van der Waals surface area contributed by atoms with Gasteiger partial charge in [0.05, 0.1) is 7.11 Å². The van der Waals surface area contributed by atoms with Crippen LogP contribution in [-0.4, -0.2) is 60.9 Å². The highest BCUT2D eigenvalue weighted by atomic mass is 79.9. The van der Waals surface area contributed by atoms with E-state index in [1.54, 1.807) is 7.11 Å². The standard InChI is InChI=1S/C25H30BrN3O3/c1-32-23-7-3-6-21(17-23)27-24(30)18-8-12-28(13-9-18)22-10-14-29(15-11-22)25(31)19-4-2-5-20(26)16-19/h2-7,16-18,22H,8-15H2,1H3,(H,27,30). The minimum absolute atomic E-state index is 0.0376. The zero-order chi connectivity index (χ0) is 22.5. The highest BCUT2D eigenvalue weighted by Gasteiger charge is 2.32. The first-order valence-electron chi connectivity index (χ1n) is 11.3. The molecule has 0 spiro atoms. The fourth-order valence-corrected chi connectivity index (χ4v) is 5.11. The highest BCUT2D eigenvalue weighted by molar-refractivity contribution is 9.10. The van der Waals surface area contributed by atoms with Crippen LogP contribution in [0.5, 0.6) is 5.75 Å². The van der Waals surface area contributed by atoms with E-state index in [0.29, 0.717) is 6.04 Å². The van der Waals surface area contributed by atoms with Crippen molar-refractivity contribution in [3.63, 3.8) is 0 Å². The van der Waals surface area contributed by atoms with Gasteiger partial charge in [-0.15, -0.1) is 0 Å². The van der Waals surface area contributed by atoms with Crippen molar-refractivity contribution in [2.75, 3.05) is 38.6 Å². The molecule has 6 nitrogen and oxygen atoms in total. The van der Waals surface area contributed by atoms with E-state index in [-0.39, 0.29) is 17.7 Å². The summed E-state index contributed by atoms with van der Waals surface area (Å²) in [4.78, 5) is 30.0. The van der Waals surface area contributed by atoms with Crippen LogP contribution in [0.2, 0.25) is 0 Å². The maximum atomic E-state index is 12.8. The fraction of sp³-hybridized carbons (Fsp3) is 0.440. The van der Waals surface area contributed by atoms with E-state index >= 15 is 0 Å². The van der Waals surface area contributed by atoms with Gasteiger partial charge in [0.25, 0.3) is 5.91 Å². The Balaban J connectivity index is 1.23. The molecule has 0 radical (unpaired) electrons. The van der Waals surface area contributed by atoms with E-state index in [1.165, 1.54) is 0 Å². The molecule has 32 heavy (non-hydrogen) atoms. The van der Waals surface area contributed by atoms with Crippen molar-refractivity contribution in [3.05, 3.63) is 58.6 Å². The Kier molecular flexibility index (Phi) is 7.48. The second-order valence-corrected chi connectivity index (χ2v) is 9.48. The van der Waals surface area contributed by atoms with Crippen molar-refractivity contribution in [2.45, 2.75) is 31.7 Å². The van der Waals surface area contributed by atoms with Gasteiger partial charge < -0.3 is 19.9 Å². The number of ether oxygens (including phenoxy) is 1. The van der Waals surface area contributed by atoms with Gasteiger partial charge in [-0.2, -0.15) is 0 Å². The number of nitrogens with one attached hydrogen (secondary N) is 1. The number of halogens is 1. The zero-order valence-corrected chi connectivity index (χ0v) is 20.0.